The molecule has 1 aromatic rings. The van der Waals surface area contributed by atoms with E-state index in [-0.39, 0.29) is 5.60 Å². The van der Waals surface area contributed by atoms with Crippen molar-refractivity contribution in [3.63, 3.8) is 0 Å². The molecule has 3 rings (SSSR count). The lowest BCUT2D eigenvalue weighted by Crippen LogP contribution is -2.45. The molecule has 1 spiro atoms. The molecule has 1 aliphatic carbocycles. The largest absolute Gasteiger partial charge is 0.383 e. The molecule has 92 valence electrons. The maximum absolute atomic E-state index is 6.02. The zero-order chi connectivity index (χ0) is 11.9. The van der Waals surface area contributed by atoms with Gasteiger partial charge in [0.2, 0.25) is 0 Å². The van der Waals surface area contributed by atoms with Gasteiger partial charge in [-0.2, -0.15) is 0 Å². The lowest BCUT2D eigenvalue weighted by Gasteiger charge is -2.47. The highest BCUT2D eigenvalue weighted by Crippen LogP contribution is 2.47. The van der Waals surface area contributed by atoms with E-state index >= 15 is 0 Å². The Balaban J connectivity index is 1.85. The fourth-order valence-electron chi connectivity index (χ4n) is 3.14. The number of hydrogen-bond acceptors (Lipinski definition) is 3. The fraction of sp³-hybridized carbons (Fsp3) is 0.643. The van der Waals surface area contributed by atoms with E-state index in [0.717, 1.165) is 19.4 Å². The molecule has 0 amide bonds. The molecule has 3 heteroatoms. The number of nitrogens with zero attached hydrogens (tertiary/aromatic N) is 1. The van der Waals surface area contributed by atoms with Gasteiger partial charge in [0.25, 0.3) is 0 Å². The maximum Gasteiger partial charge on any atom is 0.126 e. The van der Waals surface area contributed by atoms with Crippen LogP contribution in [0, 0.1) is 6.92 Å². The van der Waals surface area contributed by atoms with Crippen molar-refractivity contribution in [1.29, 1.82) is 0 Å². The van der Waals surface area contributed by atoms with E-state index in [1.165, 1.54) is 30.4 Å². The molecule has 1 saturated heterocycles. The van der Waals surface area contributed by atoms with Gasteiger partial charge < -0.3 is 10.5 Å². The Bertz CT molecular complexity index is 426. The summed E-state index contributed by atoms with van der Waals surface area (Å²) in [6, 6.07) is 2.20. The van der Waals surface area contributed by atoms with E-state index in [2.05, 4.69) is 18.0 Å². The molecule has 3 nitrogen and oxygen atoms in total. The van der Waals surface area contributed by atoms with Crippen LogP contribution in [0.2, 0.25) is 0 Å². The van der Waals surface area contributed by atoms with Gasteiger partial charge in [-0.1, -0.05) is 6.07 Å². The molecule has 1 saturated carbocycles. The second-order valence-electron chi connectivity index (χ2n) is 5.56. The van der Waals surface area contributed by atoms with Crippen LogP contribution < -0.4 is 5.73 Å². The number of aromatic nitrogens is 1. The van der Waals surface area contributed by atoms with Crippen molar-refractivity contribution in [2.75, 3.05) is 12.3 Å². The minimum atomic E-state index is 0.180. The van der Waals surface area contributed by atoms with Crippen LogP contribution >= 0.6 is 0 Å². The summed E-state index contributed by atoms with van der Waals surface area (Å²) in [5, 5.41) is 0. The van der Waals surface area contributed by atoms with Crippen LogP contribution in [0.25, 0.3) is 0 Å². The van der Waals surface area contributed by atoms with Crippen LogP contribution in [-0.4, -0.2) is 17.2 Å². The van der Waals surface area contributed by atoms with Gasteiger partial charge in [-0.25, -0.2) is 4.98 Å². The number of nitrogen functional groups attached to an aromatic ring is 1. The summed E-state index contributed by atoms with van der Waals surface area (Å²) >= 11 is 0. The molecule has 1 unspecified atom stereocenters. The minimum absolute atomic E-state index is 0.180. The first kappa shape index (κ1) is 11.0. The third kappa shape index (κ3) is 1.93. The highest BCUT2D eigenvalue weighted by Gasteiger charge is 2.43. The molecule has 17 heavy (non-hydrogen) atoms. The summed E-state index contributed by atoms with van der Waals surface area (Å²) < 4.78 is 5.96. The van der Waals surface area contributed by atoms with Gasteiger partial charge in [0, 0.05) is 12.8 Å². The van der Waals surface area contributed by atoms with Gasteiger partial charge in [0.15, 0.2) is 0 Å². The molecule has 1 aromatic heterocycles. The molecular weight excluding hydrogens is 212 g/mol. The maximum atomic E-state index is 6.02. The lowest BCUT2D eigenvalue weighted by atomic mass is 9.70. The highest BCUT2D eigenvalue weighted by molar-refractivity contribution is 5.43. The van der Waals surface area contributed by atoms with Crippen LogP contribution in [0.1, 0.15) is 49.1 Å². The van der Waals surface area contributed by atoms with Crippen molar-refractivity contribution in [1.82, 2.24) is 4.98 Å². The van der Waals surface area contributed by atoms with E-state index in [9.17, 15) is 0 Å². The van der Waals surface area contributed by atoms with Crippen LogP contribution in [-0.2, 0) is 4.74 Å². The third-order valence-electron chi connectivity index (χ3n) is 4.28. The van der Waals surface area contributed by atoms with E-state index in [4.69, 9.17) is 10.5 Å². The smallest absolute Gasteiger partial charge is 0.126 e. The Morgan fingerprint density at radius 1 is 1.47 bits per heavy atom. The first-order chi connectivity index (χ1) is 8.19. The molecule has 0 bridgehead atoms. The average Bonchev–Trinajstić information content (AvgIpc) is 2.30. The molecule has 2 aliphatic rings. The quantitative estimate of drug-likeness (QED) is 0.810. The Morgan fingerprint density at radius 3 is 3.00 bits per heavy atom. The lowest BCUT2D eigenvalue weighted by molar-refractivity contribution is -0.133. The Kier molecular flexibility index (Phi) is 2.58. The molecular formula is C14H20N2O. The monoisotopic (exact) mass is 232 g/mol. The Labute approximate surface area is 102 Å². The predicted octanol–water partition coefficient (Wildman–Crippen LogP) is 2.79. The van der Waals surface area contributed by atoms with Gasteiger partial charge in [-0.15, -0.1) is 0 Å². The van der Waals surface area contributed by atoms with E-state index < -0.39 is 0 Å². The van der Waals surface area contributed by atoms with E-state index in [0.29, 0.717) is 11.7 Å². The van der Waals surface area contributed by atoms with Gasteiger partial charge in [-0.3, -0.25) is 0 Å². The van der Waals surface area contributed by atoms with Crippen LogP contribution in [0.4, 0.5) is 5.82 Å². The van der Waals surface area contributed by atoms with Crippen molar-refractivity contribution >= 4 is 5.82 Å². The summed E-state index contributed by atoms with van der Waals surface area (Å²) in [4.78, 5) is 4.28. The molecule has 2 fully saturated rings. The molecule has 1 aliphatic heterocycles. The van der Waals surface area contributed by atoms with Gasteiger partial charge in [0.1, 0.15) is 5.82 Å². The second kappa shape index (κ2) is 3.98. The summed E-state index contributed by atoms with van der Waals surface area (Å²) in [6.07, 6.45) is 7.82. The van der Waals surface area contributed by atoms with Crippen molar-refractivity contribution in [3.05, 3.63) is 23.4 Å². The zero-order valence-electron chi connectivity index (χ0n) is 10.4. The summed E-state index contributed by atoms with van der Waals surface area (Å²) in [6.45, 7) is 2.95. The first-order valence-electron chi connectivity index (χ1n) is 6.55. The molecule has 0 radical (unpaired) electrons. The molecule has 0 aromatic carbocycles. The van der Waals surface area contributed by atoms with Gasteiger partial charge in [0.05, 0.1) is 5.60 Å². The van der Waals surface area contributed by atoms with E-state index in [1.54, 1.807) is 0 Å². The van der Waals surface area contributed by atoms with Gasteiger partial charge >= 0.3 is 0 Å². The molecule has 2 N–H and O–H groups in total. The summed E-state index contributed by atoms with van der Waals surface area (Å²) in [5.74, 6) is 1.24. The Morgan fingerprint density at radius 2 is 2.29 bits per heavy atom. The fourth-order valence-corrected chi connectivity index (χ4v) is 3.14. The van der Waals surface area contributed by atoms with E-state index in [1.807, 2.05) is 6.20 Å². The normalized spacial score (nSPS) is 26.8. The number of rotatable bonds is 1. The van der Waals surface area contributed by atoms with Crippen molar-refractivity contribution in [2.24, 2.45) is 0 Å². The number of nitrogens with two attached hydrogens (primary N) is 1. The molecule has 2 heterocycles. The number of anilines is 1. The van der Waals surface area contributed by atoms with Crippen molar-refractivity contribution in [3.8, 4) is 0 Å². The number of aryl methyl sites for hydroxylation is 1. The molecule has 1 atom stereocenters. The topological polar surface area (TPSA) is 48.1 Å². The predicted molar refractivity (Wildman–Crippen MR) is 67.9 cm³/mol. The summed E-state index contributed by atoms with van der Waals surface area (Å²) in [5.41, 5.74) is 8.63. The highest BCUT2D eigenvalue weighted by atomic mass is 16.5. The van der Waals surface area contributed by atoms with Gasteiger partial charge in [-0.05, 0) is 56.1 Å². The van der Waals surface area contributed by atoms with Crippen LogP contribution in [0.5, 0.6) is 0 Å². The number of ether oxygens (including phenoxy) is 1. The van der Waals surface area contributed by atoms with Crippen molar-refractivity contribution in [2.45, 2.75) is 50.5 Å². The zero-order valence-corrected chi connectivity index (χ0v) is 10.4. The van der Waals surface area contributed by atoms with Crippen LogP contribution in [0.3, 0.4) is 0 Å². The third-order valence-corrected chi connectivity index (χ3v) is 4.28. The first-order valence-corrected chi connectivity index (χ1v) is 6.55. The number of hydrogen-bond donors (Lipinski definition) is 1. The average molecular weight is 232 g/mol. The summed E-state index contributed by atoms with van der Waals surface area (Å²) in [7, 11) is 0. The van der Waals surface area contributed by atoms with Crippen molar-refractivity contribution < 1.29 is 4.74 Å². The van der Waals surface area contributed by atoms with Crippen LogP contribution in [0.15, 0.2) is 12.3 Å². The minimum Gasteiger partial charge on any atom is -0.383 e. The standard InChI is InChI=1S/C14H20N2O/c1-10-7-12(13(15)16-9-10)11-3-6-17-14(8-11)4-2-5-14/h7,9,11H,2-6,8H2,1H3,(H2,15,16). The SMILES string of the molecule is Cc1cnc(N)c(C2CCOC3(CCC3)C2)c1. The number of pyridine rings is 1. The Hall–Kier alpha value is -1.09. The second-order valence-corrected chi connectivity index (χ2v) is 5.56.